The molecule has 0 aliphatic carbocycles. The second-order valence-electron chi connectivity index (χ2n) is 4.86. The minimum absolute atomic E-state index is 0.0642. The molecule has 0 saturated heterocycles. The van der Waals surface area contributed by atoms with Crippen LogP contribution in [-0.2, 0) is 4.79 Å². The van der Waals surface area contributed by atoms with E-state index in [1.54, 1.807) is 36.4 Å². The van der Waals surface area contributed by atoms with Crippen LogP contribution in [0.4, 0.5) is 5.69 Å². The maximum atomic E-state index is 12.1. The molecule has 0 aliphatic heterocycles. The second kappa shape index (κ2) is 7.77. The lowest BCUT2D eigenvalue weighted by Gasteiger charge is -2.06. The van der Waals surface area contributed by atoms with E-state index in [0.717, 1.165) is 0 Å². The first kappa shape index (κ1) is 17.0. The molecule has 3 N–H and O–H groups in total. The molecule has 24 heavy (non-hydrogen) atoms. The van der Waals surface area contributed by atoms with Gasteiger partial charge in [-0.15, -0.1) is 0 Å². The number of nitrogens with zero attached hydrogens (tertiary/aromatic N) is 1. The van der Waals surface area contributed by atoms with Crippen LogP contribution >= 0.6 is 0 Å². The van der Waals surface area contributed by atoms with Gasteiger partial charge in [0.05, 0.1) is 13.3 Å². The first-order valence-corrected chi connectivity index (χ1v) is 7.08. The van der Waals surface area contributed by atoms with Gasteiger partial charge in [0.25, 0.3) is 5.91 Å². The molecule has 7 heteroatoms. The number of rotatable bonds is 5. The summed E-state index contributed by atoms with van der Waals surface area (Å²) in [5, 5.41) is 16.3. The van der Waals surface area contributed by atoms with Crippen LogP contribution in [0.5, 0.6) is 11.5 Å². The zero-order valence-corrected chi connectivity index (χ0v) is 13.2. The summed E-state index contributed by atoms with van der Waals surface area (Å²) in [6.45, 7) is 1.39. The van der Waals surface area contributed by atoms with E-state index >= 15 is 0 Å². The zero-order chi connectivity index (χ0) is 17.5. The zero-order valence-electron chi connectivity index (χ0n) is 13.2. The van der Waals surface area contributed by atoms with Crippen LogP contribution in [0.3, 0.4) is 0 Å². The number of anilines is 1. The number of carbonyl (C=O) groups is 2. The van der Waals surface area contributed by atoms with Gasteiger partial charge >= 0.3 is 0 Å². The lowest BCUT2D eigenvalue weighted by molar-refractivity contribution is -0.114. The number of ether oxygens (including phenoxy) is 1. The van der Waals surface area contributed by atoms with Crippen molar-refractivity contribution in [3.63, 3.8) is 0 Å². The molecule has 0 spiro atoms. The molecule has 0 aliphatic rings. The molecule has 7 nitrogen and oxygen atoms in total. The lowest BCUT2D eigenvalue weighted by Crippen LogP contribution is -2.18. The third-order valence-electron chi connectivity index (χ3n) is 3.06. The van der Waals surface area contributed by atoms with Crippen LogP contribution in [-0.4, -0.2) is 30.2 Å². The maximum Gasteiger partial charge on any atom is 0.271 e. The fourth-order valence-electron chi connectivity index (χ4n) is 1.97. The van der Waals surface area contributed by atoms with Crippen molar-refractivity contribution < 1.29 is 19.4 Å². The van der Waals surface area contributed by atoms with Crippen molar-refractivity contribution in [1.29, 1.82) is 0 Å². The molecule has 0 bridgehead atoms. The monoisotopic (exact) mass is 327 g/mol. The molecule has 0 atom stereocenters. The molecule has 0 heterocycles. The minimum Gasteiger partial charge on any atom is -0.504 e. The number of carbonyl (C=O) groups excluding carboxylic acids is 2. The van der Waals surface area contributed by atoms with Crippen molar-refractivity contribution in [2.75, 3.05) is 12.4 Å². The summed E-state index contributed by atoms with van der Waals surface area (Å²) in [5.74, 6) is -0.418. The number of aromatic hydroxyl groups is 1. The number of hydrogen-bond donors (Lipinski definition) is 3. The molecule has 2 aromatic rings. The summed E-state index contributed by atoms with van der Waals surface area (Å²) in [6, 6.07) is 11.4. The van der Waals surface area contributed by atoms with E-state index in [9.17, 15) is 14.7 Å². The van der Waals surface area contributed by atoms with Crippen LogP contribution in [0.25, 0.3) is 0 Å². The highest BCUT2D eigenvalue weighted by Gasteiger charge is 2.07. The Morgan fingerprint density at radius 1 is 1.21 bits per heavy atom. The standard InChI is InChI=1S/C17H17N3O4/c1-11(21)19-14-7-3-5-12(9-14)17(23)20-18-10-13-6-4-8-15(24-2)16(13)22/h3-10,22H,1-2H3,(H,19,21)(H,20,23)/b18-10-. The highest BCUT2D eigenvalue weighted by molar-refractivity contribution is 5.97. The van der Waals surface area contributed by atoms with Crippen molar-refractivity contribution in [3.8, 4) is 11.5 Å². The van der Waals surface area contributed by atoms with Crippen molar-refractivity contribution in [3.05, 3.63) is 53.6 Å². The Labute approximate surface area is 139 Å². The molecule has 0 aromatic heterocycles. The Hall–Kier alpha value is -3.35. The predicted octanol–water partition coefficient (Wildman–Crippen LogP) is 2.12. The predicted molar refractivity (Wildman–Crippen MR) is 90.5 cm³/mol. The number of phenols is 1. The van der Waals surface area contributed by atoms with Gasteiger partial charge in [0, 0.05) is 23.7 Å². The third kappa shape index (κ3) is 4.33. The minimum atomic E-state index is -0.444. The van der Waals surface area contributed by atoms with Crippen molar-refractivity contribution in [2.45, 2.75) is 6.92 Å². The Bertz CT molecular complexity index is 787. The van der Waals surface area contributed by atoms with E-state index in [1.165, 1.54) is 26.3 Å². The molecular weight excluding hydrogens is 310 g/mol. The summed E-state index contributed by atoms with van der Waals surface area (Å²) in [7, 11) is 1.44. The molecule has 0 saturated carbocycles. The average Bonchev–Trinajstić information content (AvgIpc) is 2.56. The summed E-state index contributed by atoms with van der Waals surface area (Å²) in [5.41, 5.74) is 3.62. The van der Waals surface area contributed by atoms with Gasteiger partial charge in [-0.25, -0.2) is 5.43 Å². The number of methoxy groups -OCH3 is 1. The Morgan fingerprint density at radius 3 is 2.67 bits per heavy atom. The highest BCUT2D eigenvalue weighted by atomic mass is 16.5. The number of amides is 2. The highest BCUT2D eigenvalue weighted by Crippen LogP contribution is 2.27. The second-order valence-corrected chi connectivity index (χ2v) is 4.86. The Morgan fingerprint density at radius 2 is 1.96 bits per heavy atom. The number of hydrazone groups is 1. The lowest BCUT2D eigenvalue weighted by atomic mass is 10.2. The first-order valence-electron chi connectivity index (χ1n) is 7.08. The number of hydrogen-bond acceptors (Lipinski definition) is 5. The number of para-hydroxylation sites is 1. The van der Waals surface area contributed by atoms with Crippen LogP contribution in [0.15, 0.2) is 47.6 Å². The molecule has 2 rings (SSSR count). The van der Waals surface area contributed by atoms with E-state index < -0.39 is 5.91 Å². The Balaban J connectivity index is 2.07. The SMILES string of the molecule is COc1cccc(/C=N\NC(=O)c2cccc(NC(C)=O)c2)c1O. The van der Waals surface area contributed by atoms with Gasteiger partial charge in [-0.3, -0.25) is 9.59 Å². The number of phenolic OH excluding ortho intramolecular Hbond substituents is 1. The maximum absolute atomic E-state index is 12.1. The smallest absolute Gasteiger partial charge is 0.271 e. The third-order valence-corrected chi connectivity index (χ3v) is 3.06. The fraction of sp³-hybridized carbons (Fsp3) is 0.118. The van der Waals surface area contributed by atoms with Crippen LogP contribution in [0, 0.1) is 0 Å². The molecule has 2 aromatic carbocycles. The number of benzene rings is 2. The summed E-state index contributed by atoms with van der Waals surface area (Å²) in [4.78, 5) is 23.1. The van der Waals surface area contributed by atoms with Gasteiger partial charge in [0.1, 0.15) is 0 Å². The molecule has 0 radical (unpaired) electrons. The Kier molecular flexibility index (Phi) is 5.51. The van der Waals surface area contributed by atoms with E-state index in [4.69, 9.17) is 4.74 Å². The van der Waals surface area contributed by atoms with E-state index in [2.05, 4.69) is 15.8 Å². The van der Waals surface area contributed by atoms with E-state index in [-0.39, 0.29) is 11.7 Å². The summed E-state index contributed by atoms with van der Waals surface area (Å²) >= 11 is 0. The average molecular weight is 327 g/mol. The van der Waals surface area contributed by atoms with Crippen molar-refractivity contribution in [2.24, 2.45) is 5.10 Å². The van der Waals surface area contributed by atoms with Gasteiger partial charge in [-0.1, -0.05) is 12.1 Å². The normalized spacial score (nSPS) is 10.4. The van der Waals surface area contributed by atoms with Gasteiger partial charge in [-0.2, -0.15) is 5.10 Å². The van der Waals surface area contributed by atoms with Gasteiger partial charge in [-0.05, 0) is 30.3 Å². The van der Waals surface area contributed by atoms with Crippen molar-refractivity contribution >= 4 is 23.7 Å². The van der Waals surface area contributed by atoms with Crippen LogP contribution in [0.2, 0.25) is 0 Å². The molecular formula is C17H17N3O4. The topological polar surface area (TPSA) is 100 Å². The first-order chi connectivity index (χ1) is 11.5. The van der Waals surface area contributed by atoms with E-state index in [1.807, 2.05) is 0 Å². The molecule has 2 amide bonds. The summed E-state index contributed by atoms with van der Waals surface area (Å²) in [6.07, 6.45) is 1.31. The molecule has 0 unspecified atom stereocenters. The van der Waals surface area contributed by atoms with Gasteiger partial charge in [0.2, 0.25) is 5.91 Å². The van der Waals surface area contributed by atoms with Gasteiger partial charge in [0.15, 0.2) is 11.5 Å². The van der Waals surface area contributed by atoms with Gasteiger partial charge < -0.3 is 15.2 Å². The fourth-order valence-corrected chi connectivity index (χ4v) is 1.97. The van der Waals surface area contributed by atoms with Crippen LogP contribution in [0.1, 0.15) is 22.8 Å². The molecule has 124 valence electrons. The quantitative estimate of drug-likeness (QED) is 0.578. The van der Waals surface area contributed by atoms with Crippen LogP contribution < -0.4 is 15.5 Å². The molecule has 0 fully saturated rings. The summed E-state index contributed by atoms with van der Waals surface area (Å²) < 4.78 is 4.99. The number of nitrogens with one attached hydrogen (secondary N) is 2. The van der Waals surface area contributed by atoms with Crippen molar-refractivity contribution in [1.82, 2.24) is 5.43 Å². The van der Waals surface area contributed by atoms with E-state index in [0.29, 0.717) is 22.6 Å². The largest absolute Gasteiger partial charge is 0.504 e.